The van der Waals surface area contributed by atoms with Crippen LogP contribution in [0.15, 0.2) is 30.3 Å². The third kappa shape index (κ3) is 6.71. The highest BCUT2D eigenvalue weighted by Gasteiger charge is 2.44. The van der Waals surface area contributed by atoms with Gasteiger partial charge in [0.2, 0.25) is 0 Å². The quantitative estimate of drug-likeness (QED) is 0.502. The fourth-order valence-corrected chi connectivity index (χ4v) is 5.33. The Bertz CT molecular complexity index is 881. The molecule has 3 aliphatic rings. The summed E-state index contributed by atoms with van der Waals surface area (Å²) in [6.07, 6.45) is -0.324. The number of likely N-dealkylation sites (tertiary alicyclic amines) is 1. The molecule has 0 aliphatic carbocycles. The molecule has 10 nitrogen and oxygen atoms in total. The number of hydrogen-bond donors (Lipinski definition) is 2. The summed E-state index contributed by atoms with van der Waals surface area (Å²) in [5.74, 6) is -2.13. The van der Waals surface area contributed by atoms with E-state index in [-0.39, 0.29) is 31.5 Å². The number of hydrogen-bond acceptors (Lipinski definition) is 7. The van der Waals surface area contributed by atoms with Gasteiger partial charge >= 0.3 is 18.0 Å². The molecule has 1 amide bonds. The van der Waals surface area contributed by atoms with Gasteiger partial charge in [-0.3, -0.25) is 24.3 Å². The van der Waals surface area contributed by atoms with Crippen molar-refractivity contribution in [3.05, 3.63) is 35.9 Å². The molecule has 1 aromatic carbocycles. The number of carbonyl (C=O) groups is 3. The van der Waals surface area contributed by atoms with Crippen molar-refractivity contribution in [1.82, 2.24) is 19.6 Å². The summed E-state index contributed by atoms with van der Waals surface area (Å²) in [7, 11) is 0. The van der Waals surface area contributed by atoms with Crippen molar-refractivity contribution in [2.24, 2.45) is 5.41 Å². The van der Waals surface area contributed by atoms with Gasteiger partial charge in [0.1, 0.15) is 6.10 Å². The number of carboxylic acids is 2. The van der Waals surface area contributed by atoms with E-state index < -0.39 is 17.4 Å². The number of benzene rings is 1. The van der Waals surface area contributed by atoms with E-state index in [0.29, 0.717) is 32.7 Å². The molecule has 3 saturated heterocycles. The number of piperidine rings is 1. The van der Waals surface area contributed by atoms with E-state index in [2.05, 4.69) is 39.0 Å². The molecule has 10 heteroatoms. The molecule has 4 rings (SSSR count). The van der Waals surface area contributed by atoms with Crippen LogP contribution in [0.2, 0.25) is 0 Å². The normalized spacial score (nSPS) is 23.8. The molecule has 2 N–H and O–H groups in total. The van der Waals surface area contributed by atoms with Gasteiger partial charge in [0.25, 0.3) is 0 Å². The van der Waals surface area contributed by atoms with Crippen LogP contribution >= 0.6 is 0 Å². The molecule has 0 bridgehead atoms. The molecule has 0 aromatic heterocycles. The maximum Gasteiger partial charge on any atom is 0.410 e. The molecule has 0 spiro atoms. The number of carboxylic acid groups (broad SMARTS) is 2. The Hall–Kier alpha value is -2.69. The first-order valence-corrected chi connectivity index (χ1v) is 12.4. The second-order valence-electron chi connectivity index (χ2n) is 10.0. The standard InChI is InChI=1S/C25H36N4O6/c30-22(31)16-25(23(32)33)6-8-27(9-7-25)18-21-19-29(24(34)35-21)15-14-26-10-12-28(13-11-26)17-20-4-2-1-3-5-20/h1-5,21H,6-19H2,(H,30,31)(H,32,33). The highest BCUT2D eigenvalue weighted by atomic mass is 16.6. The number of piperazine rings is 1. The Balaban J connectivity index is 1.16. The Morgan fingerprint density at radius 1 is 0.914 bits per heavy atom. The summed E-state index contributed by atoms with van der Waals surface area (Å²) in [5.41, 5.74) is 0.127. The number of ether oxygens (including phenoxy) is 1. The van der Waals surface area contributed by atoms with Crippen molar-refractivity contribution >= 4 is 18.0 Å². The van der Waals surface area contributed by atoms with Crippen LogP contribution in [0.4, 0.5) is 4.79 Å². The van der Waals surface area contributed by atoms with Crippen molar-refractivity contribution < 1.29 is 29.3 Å². The van der Waals surface area contributed by atoms with Gasteiger partial charge in [0, 0.05) is 52.4 Å². The Morgan fingerprint density at radius 3 is 2.20 bits per heavy atom. The van der Waals surface area contributed by atoms with Crippen LogP contribution in [-0.2, 0) is 20.9 Å². The summed E-state index contributed by atoms with van der Waals surface area (Å²) in [6, 6.07) is 10.5. The van der Waals surface area contributed by atoms with Gasteiger partial charge in [-0.25, -0.2) is 4.79 Å². The molecule has 0 radical (unpaired) electrons. The lowest BCUT2D eigenvalue weighted by atomic mass is 9.75. The van der Waals surface area contributed by atoms with Crippen molar-refractivity contribution in [3.8, 4) is 0 Å². The predicted octanol–water partition coefficient (Wildman–Crippen LogP) is 1.27. The SMILES string of the molecule is O=C(O)CC1(C(=O)O)CCN(CC2CN(CCN3CCN(Cc4ccccc4)CC3)C(=O)O2)CC1. The molecule has 3 fully saturated rings. The average molecular weight is 489 g/mol. The van der Waals surface area contributed by atoms with Crippen LogP contribution < -0.4 is 0 Å². The zero-order valence-electron chi connectivity index (χ0n) is 20.2. The highest BCUT2D eigenvalue weighted by Crippen LogP contribution is 2.35. The van der Waals surface area contributed by atoms with Crippen LogP contribution in [0.1, 0.15) is 24.8 Å². The lowest BCUT2D eigenvalue weighted by Gasteiger charge is -2.38. The van der Waals surface area contributed by atoms with E-state index in [1.807, 2.05) is 6.07 Å². The largest absolute Gasteiger partial charge is 0.481 e. The predicted molar refractivity (Wildman–Crippen MR) is 128 cm³/mol. The molecular weight excluding hydrogens is 452 g/mol. The van der Waals surface area contributed by atoms with Crippen molar-refractivity contribution in [2.45, 2.75) is 31.9 Å². The fourth-order valence-electron chi connectivity index (χ4n) is 5.33. The van der Waals surface area contributed by atoms with Gasteiger partial charge in [-0.1, -0.05) is 30.3 Å². The third-order valence-electron chi connectivity index (χ3n) is 7.57. The number of aliphatic carboxylic acids is 2. The van der Waals surface area contributed by atoms with Crippen LogP contribution in [-0.4, -0.2) is 119 Å². The van der Waals surface area contributed by atoms with E-state index in [1.54, 1.807) is 4.90 Å². The topological polar surface area (TPSA) is 114 Å². The number of amides is 1. The molecule has 1 unspecified atom stereocenters. The van der Waals surface area contributed by atoms with Gasteiger partial charge in [-0.05, 0) is 31.5 Å². The molecule has 1 atom stereocenters. The van der Waals surface area contributed by atoms with Gasteiger partial charge < -0.3 is 19.8 Å². The minimum absolute atomic E-state index is 0.248. The summed E-state index contributed by atoms with van der Waals surface area (Å²) < 4.78 is 5.57. The summed E-state index contributed by atoms with van der Waals surface area (Å²) in [4.78, 5) is 43.9. The molecule has 1 aromatic rings. The molecule has 3 heterocycles. The summed E-state index contributed by atoms with van der Waals surface area (Å²) in [5, 5.41) is 18.7. The van der Waals surface area contributed by atoms with Gasteiger partial charge in [0.15, 0.2) is 0 Å². The number of carbonyl (C=O) groups excluding carboxylic acids is 1. The second-order valence-corrected chi connectivity index (χ2v) is 10.0. The third-order valence-corrected chi connectivity index (χ3v) is 7.57. The second kappa shape index (κ2) is 11.4. The van der Waals surface area contributed by atoms with Crippen LogP contribution in [0.5, 0.6) is 0 Å². The van der Waals surface area contributed by atoms with Gasteiger partial charge in [-0.2, -0.15) is 0 Å². The van der Waals surface area contributed by atoms with Crippen molar-refractivity contribution in [3.63, 3.8) is 0 Å². The lowest BCUT2D eigenvalue weighted by Crippen LogP contribution is -2.48. The first kappa shape index (κ1) is 25.4. The van der Waals surface area contributed by atoms with E-state index in [9.17, 15) is 19.5 Å². The Labute approximate surface area is 206 Å². The van der Waals surface area contributed by atoms with E-state index in [0.717, 1.165) is 39.3 Å². The van der Waals surface area contributed by atoms with Crippen LogP contribution in [0.25, 0.3) is 0 Å². The highest BCUT2D eigenvalue weighted by molar-refractivity contribution is 5.81. The zero-order valence-corrected chi connectivity index (χ0v) is 20.2. The summed E-state index contributed by atoms with van der Waals surface area (Å²) in [6.45, 7) is 8.45. The van der Waals surface area contributed by atoms with E-state index in [1.165, 1.54) is 5.56 Å². The van der Waals surface area contributed by atoms with Crippen molar-refractivity contribution in [2.75, 3.05) is 65.4 Å². The zero-order chi connectivity index (χ0) is 24.8. The van der Waals surface area contributed by atoms with Crippen LogP contribution in [0.3, 0.4) is 0 Å². The summed E-state index contributed by atoms with van der Waals surface area (Å²) >= 11 is 0. The number of nitrogens with zero attached hydrogens (tertiary/aromatic N) is 4. The minimum atomic E-state index is -1.20. The van der Waals surface area contributed by atoms with Crippen LogP contribution in [0, 0.1) is 5.41 Å². The first-order valence-electron chi connectivity index (χ1n) is 12.4. The van der Waals surface area contributed by atoms with E-state index in [4.69, 9.17) is 9.84 Å². The maximum absolute atomic E-state index is 12.4. The molecular formula is C25H36N4O6. The minimum Gasteiger partial charge on any atom is -0.481 e. The Kier molecular flexibility index (Phi) is 8.25. The first-order chi connectivity index (χ1) is 16.8. The average Bonchev–Trinajstić information content (AvgIpc) is 3.19. The van der Waals surface area contributed by atoms with Gasteiger partial charge in [-0.15, -0.1) is 0 Å². The van der Waals surface area contributed by atoms with E-state index >= 15 is 0 Å². The van der Waals surface area contributed by atoms with Gasteiger partial charge in [0.05, 0.1) is 18.4 Å². The Morgan fingerprint density at radius 2 is 1.57 bits per heavy atom. The smallest absolute Gasteiger partial charge is 0.410 e. The number of cyclic esters (lactones) is 1. The lowest BCUT2D eigenvalue weighted by molar-refractivity contribution is -0.159. The molecule has 0 saturated carbocycles. The molecule has 3 aliphatic heterocycles. The molecule has 35 heavy (non-hydrogen) atoms. The fraction of sp³-hybridized carbons (Fsp3) is 0.640. The monoisotopic (exact) mass is 488 g/mol. The molecule has 192 valence electrons. The number of rotatable bonds is 10. The maximum atomic E-state index is 12.4. The van der Waals surface area contributed by atoms with Crippen molar-refractivity contribution in [1.29, 1.82) is 0 Å².